The minimum atomic E-state index is -0.994. The number of hydrogen-bond donors (Lipinski definition) is 1. The molecule has 5 nitrogen and oxygen atoms in total. The van der Waals surface area contributed by atoms with E-state index in [4.69, 9.17) is 4.74 Å². The van der Waals surface area contributed by atoms with Gasteiger partial charge in [-0.1, -0.05) is 18.2 Å². The first kappa shape index (κ1) is 16.5. The molecule has 1 aromatic carbocycles. The van der Waals surface area contributed by atoms with Crippen LogP contribution in [0.2, 0.25) is 0 Å². The largest absolute Gasteiger partial charge is 0.478 e. The molecule has 1 N–H and O–H groups in total. The number of hydrogen-bond acceptors (Lipinski definition) is 3. The Kier molecular flexibility index (Phi) is 5.19. The van der Waals surface area contributed by atoms with Crippen molar-refractivity contribution in [2.75, 3.05) is 20.2 Å². The first-order valence-corrected chi connectivity index (χ1v) is 7.59. The third-order valence-corrected chi connectivity index (χ3v) is 4.48. The highest BCUT2D eigenvalue weighted by atomic mass is 16.5. The Bertz CT molecular complexity index is 557. The van der Waals surface area contributed by atoms with Crippen molar-refractivity contribution in [3.8, 4) is 0 Å². The molecule has 0 saturated carbocycles. The van der Waals surface area contributed by atoms with E-state index < -0.39 is 5.97 Å². The number of nitrogens with zero attached hydrogens (tertiary/aromatic N) is 1. The number of carbonyl (C=O) groups is 2. The fraction of sp³-hybridized carbons (Fsp3) is 0.529. The number of aromatic carboxylic acids is 1. The van der Waals surface area contributed by atoms with Crippen LogP contribution in [-0.2, 0) is 16.0 Å². The summed E-state index contributed by atoms with van der Waals surface area (Å²) in [6, 6.07) is 6.68. The summed E-state index contributed by atoms with van der Waals surface area (Å²) in [5.41, 5.74) is 0.597. The van der Waals surface area contributed by atoms with Gasteiger partial charge in [-0.05, 0) is 37.8 Å². The Labute approximate surface area is 130 Å². The Morgan fingerprint density at radius 3 is 2.68 bits per heavy atom. The SMILES string of the molecule is COC1(C)CCCN(C(=O)Cc2ccccc2C(=O)O)CC1. The van der Waals surface area contributed by atoms with Gasteiger partial charge in [0.25, 0.3) is 0 Å². The zero-order valence-corrected chi connectivity index (χ0v) is 13.2. The summed E-state index contributed by atoms with van der Waals surface area (Å²) in [5, 5.41) is 9.19. The molecular formula is C17H23NO4. The van der Waals surface area contributed by atoms with Crippen molar-refractivity contribution in [1.29, 1.82) is 0 Å². The van der Waals surface area contributed by atoms with Crippen molar-refractivity contribution in [2.45, 2.75) is 38.2 Å². The quantitative estimate of drug-likeness (QED) is 0.927. The third-order valence-electron chi connectivity index (χ3n) is 4.48. The average Bonchev–Trinajstić information content (AvgIpc) is 2.70. The summed E-state index contributed by atoms with van der Waals surface area (Å²) in [5.74, 6) is -1.01. The Balaban J connectivity index is 2.05. The Morgan fingerprint density at radius 2 is 2.00 bits per heavy atom. The maximum Gasteiger partial charge on any atom is 0.335 e. The van der Waals surface area contributed by atoms with Gasteiger partial charge in [0.15, 0.2) is 0 Å². The zero-order valence-electron chi connectivity index (χ0n) is 13.2. The van der Waals surface area contributed by atoms with Crippen LogP contribution in [-0.4, -0.2) is 47.7 Å². The predicted octanol–water partition coefficient (Wildman–Crippen LogP) is 2.34. The lowest BCUT2D eigenvalue weighted by Gasteiger charge is -2.26. The van der Waals surface area contributed by atoms with Crippen LogP contribution in [0.25, 0.3) is 0 Å². The van der Waals surface area contributed by atoms with E-state index in [-0.39, 0.29) is 23.5 Å². The van der Waals surface area contributed by atoms with E-state index in [0.717, 1.165) is 19.3 Å². The van der Waals surface area contributed by atoms with Crippen LogP contribution in [0.5, 0.6) is 0 Å². The van der Waals surface area contributed by atoms with Crippen LogP contribution in [0.3, 0.4) is 0 Å². The van der Waals surface area contributed by atoms with Crippen LogP contribution in [0.15, 0.2) is 24.3 Å². The lowest BCUT2D eigenvalue weighted by molar-refractivity contribution is -0.130. The first-order valence-electron chi connectivity index (χ1n) is 7.59. The number of amides is 1. The van der Waals surface area contributed by atoms with Gasteiger partial charge in [0.2, 0.25) is 5.91 Å². The summed E-state index contributed by atoms with van der Waals surface area (Å²) in [4.78, 5) is 25.5. The minimum Gasteiger partial charge on any atom is -0.478 e. The zero-order chi connectivity index (χ0) is 16.2. The molecule has 0 aliphatic carbocycles. The highest BCUT2D eigenvalue weighted by Gasteiger charge is 2.29. The molecular weight excluding hydrogens is 282 g/mol. The number of ether oxygens (including phenoxy) is 1. The summed E-state index contributed by atoms with van der Waals surface area (Å²) in [6.45, 7) is 3.42. The van der Waals surface area contributed by atoms with E-state index in [1.165, 1.54) is 6.07 Å². The minimum absolute atomic E-state index is 0.0194. The maximum atomic E-state index is 12.5. The van der Waals surface area contributed by atoms with Crippen molar-refractivity contribution in [3.63, 3.8) is 0 Å². The van der Waals surface area contributed by atoms with Gasteiger partial charge in [0, 0.05) is 20.2 Å². The van der Waals surface area contributed by atoms with E-state index in [1.54, 1.807) is 25.3 Å². The smallest absolute Gasteiger partial charge is 0.335 e. The van der Waals surface area contributed by atoms with Gasteiger partial charge < -0.3 is 14.7 Å². The molecule has 0 radical (unpaired) electrons. The Hall–Kier alpha value is -1.88. The number of methoxy groups -OCH3 is 1. The van der Waals surface area contributed by atoms with E-state index in [1.807, 2.05) is 4.90 Å². The predicted molar refractivity (Wildman–Crippen MR) is 83.0 cm³/mol. The molecule has 120 valence electrons. The second-order valence-corrected chi connectivity index (χ2v) is 6.03. The van der Waals surface area contributed by atoms with Crippen molar-refractivity contribution < 1.29 is 19.4 Å². The molecule has 0 spiro atoms. The maximum absolute atomic E-state index is 12.5. The molecule has 1 aliphatic rings. The summed E-state index contributed by atoms with van der Waals surface area (Å²) in [6.07, 6.45) is 2.76. The molecule has 1 aromatic rings. The molecule has 1 aliphatic heterocycles. The van der Waals surface area contributed by atoms with Crippen LogP contribution in [0.1, 0.15) is 42.1 Å². The van der Waals surface area contributed by atoms with Gasteiger partial charge in [-0.2, -0.15) is 0 Å². The van der Waals surface area contributed by atoms with Crippen LogP contribution < -0.4 is 0 Å². The van der Waals surface area contributed by atoms with Crippen LogP contribution >= 0.6 is 0 Å². The number of rotatable bonds is 4. The lowest BCUT2D eigenvalue weighted by atomic mass is 9.97. The van der Waals surface area contributed by atoms with Gasteiger partial charge in [0.1, 0.15) is 0 Å². The second kappa shape index (κ2) is 6.92. The highest BCUT2D eigenvalue weighted by molar-refractivity contribution is 5.91. The number of benzene rings is 1. The van der Waals surface area contributed by atoms with Gasteiger partial charge >= 0.3 is 5.97 Å². The summed E-state index contributed by atoms with van der Waals surface area (Å²) < 4.78 is 5.54. The summed E-state index contributed by atoms with van der Waals surface area (Å²) >= 11 is 0. The topological polar surface area (TPSA) is 66.8 Å². The fourth-order valence-electron chi connectivity index (χ4n) is 2.86. The Morgan fingerprint density at radius 1 is 1.27 bits per heavy atom. The van der Waals surface area contributed by atoms with Gasteiger partial charge in [-0.3, -0.25) is 4.79 Å². The first-order chi connectivity index (χ1) is 10.4. The molecule has 1 atom stereocenters. The fourth-order valence-corrected chi connectivity index (χ4v) is 2.86. The number of carbonyl (C=O) groups excluding carboxylic acids is 1. The molecule has 0 aromatic heterocycles. The van der Waals surface area contributed by atoms with Crippen molar-refractivity contribution >= 4 is 11.9 Å². The number of likely N-dealkylation sites (tertiary alicyclic amines) is 1. The number of carboxylic acid groups (broad SMARTS) is 1. The summed E-state index contributed by atoms with van der Waals surface area (Å²) in [7, 11) is 1.71. The van der Waals surface area contributed by atoms with Gasteiger partial charge in [0.05, 0.1) is 17.6 Å². The second-order valence-electron chi connectivity index (χ2n) is 6.03. The van der Waals surface area contributed by atoms with E-state index in [0.29, 0.717) is 18.7 Å². The monoisotopic (exact) mass is 305 g/mol. The molecule has 2 rings (SSSR count). The lowest BCUT2D eigenvalue weighted by Crippen LogP contribution is -2.35. The molecule has 1 saturated heterocycles. The van der Waals surface area contributed by atoms with Crippen molar-refractivity contribution in [3.05, 3.63) is 35.4 Å². The molecule has 0 bridgehead atoms. The average molecular weight is 305 g/mol. The molecule has 1 heterocycles. The third kappa shape index (κ3) is 3.85. The van der Waals surface area contributed by atoms with Crippen molar-refractivity contribution in [2.24, 2.45) is 0 Å². The molecule has 5 heteroatoms. The van der Waals surface area contributed by atoms with E-state index in [2.05, 4.69) is 6.92 Å². The highest BCUT2D eigenvalue weighted by Crippen LogP contribution is 2.25. The molecule has 1 amide bonds. The van der Waals surface area contributed by atoms with Crippen LogP contribution in [0, 0.1) is 0 Å². The van der Waals surface area contributed by atoms with E-state index in [9.17, 15) is 14.7 Å². The van der Waals surface area contributed by atoms with E-state index >= 15 is 0 Å². The van der Waals surface area contributed by atoms with Gasteiger partial charge in [-0.15, -0.1) is 0 Å². The van der Waals surface area contributed by atoms with Gasteiger partial charge in [-0.25, -0.2) is 4.79 Å². The number of carboxylic acids is 1. The molecule has 1 fully saturated rings. The normalized spacial score (nSPS) is 22.2. The molecule has 1 unspecified atom stereocenters. The standard InChI is InChI=1S/C17H23NO4/c1-17(22-2)8-5-10-18(11-9-17)15(19)12-13-6-3-4-7-14(13)16(20)21/h3-4,6-7H,5,8-12H2,1-2H3,(H,20,21). The molecule has 22 heavy (non-hydrogen) atoms. The van der Waals surface area contributed by atoms with Crippen molar-refractivity contribution in [1.82, 2.24) is 4.90 Å². The van der Waals surface area contributed by atoms with Crippen LogP contribution in [0.4, 0.5) is 0 Å².